The molecule has 0 saturated carbocycles. The summed E-state index contributed by atoms with van der Waals surface area (Å²) in [7, 11) is 0. The van der Waals surface area contributed by atoms with E-state index in [1.54, 1.807) is 0 Å². The van der Waals surface area contributed by atoms with Crippen molar-refractivity contribution < 1.29 is 4.74 Å². The van der Waals surface area contributed by atoms with Crippen LogP contribution in [0.1, 0.15) is 25.0 Å². The van der Waals surface area contributed by atoms with Crippen LogP contribution in [-0.2, 0) is 11.3 Å². The molecule has 0 amide bonds. The summed E-state index contributed by atoms with van der Waals surface area (Å²) >= 11 is 0. The molecule has 0 spiro atoms. The van der Waals surface area contributed by atoms with Crippen molar-refractivity contribution in [2.75, 3.05) is 6.61 Å². The maximum absolute atomic E-state index is 5.65. The van der Waals surface area contributed by atoms with Gasteiger partial charge in [0, 0.05) is 5.41 Å². The first-order chi connectivity index (χ1) is 6.61. The third-order valence-corrected chi connectivity index (χ3v) is 2.88. The fourth-order valence-electron chi connectivity index (χ4n) is 1.81. The van der Waals surface area contributed by atoms with E-state index in [-0.39, 0.29) is 5.41 Å². The Morgan fingerprint density at radius 2 is 2.00 bits per heavy atom. The quantitative estimate of drug-likeness (QED) is 0.607. The van der Waals surface area contributed by atoms with Crippen molar-refractivity contribution in [2.45, 2.75) is 20.5 Å². The zero-order valence-corrected chi connectivity index (χ0v) is 8.84. The molecular weight excluding hydrogens is 172 g/mol. The molecule has 74 valence electrons. The van der Waals surface area contributed by atoms with E-state index in [1.165, 1.54) is 16.7 Å². The SMILES string of the molecule is C=C1c2ccccc2COCC1(C)C. The Morgan fingerprint density at radius 1 is 1.29 bits per heavy atom. The van der Waals surface area contributed by atoms with Crippen LogP contribution in [-0.4, -0.2) is 6.61 Å². The van der Waals surface area contributed by atoms with Gasteiger partial charge in [0.05, 0.1) is 13.2 Å². The summed E-state index contributed by atoms with van der Waals surface area (Å²) in [5.41, 5.74) is 3.75. The Bertz CT molecular complexity index is 363. The second kappa shape index (κ2) is 3.25. The van der Waals surface area contributed by atoms with E-state index < -0.39 is 0 Å². The second-order valence-electron chi connectivity index (χ2n) is 4.51. The van der Waals surface area contributed by atoms with E-state index >= 15 is 0 Å². The lowest BCUT2D eigenvalue weighted by atomic mass is 9.81. The average Bonchev–Trinajstić information content (AvgIpc) is 2.27. The molecule has 0 saturated heterocycles. The van der Waals surface area contributed by atoms with Gasteiger partial charge in [-0.05, 0) is 16.7 Å². The summed E-state index contributed by atoms with van der Waals surface area (Å²) < 4.78 is 5.65. The molecule has 1 aromatic carbocycles. The minimum Gasteiger partial charge on any atom is -0.376 e. The highest BCUT2D eigenvalue weighted by atomic mass is 16.5. The van der Waals surface area contributed by atoms with Gasteiger partial charge in [0.25, 0.3) is 0 Å². The zero-order chi connectivity index (χ0) is 10.2. The molecule has 0 atom stereocenters. The molecule has 1 aliphatic heterocycles. The van der Waals surface area contributed by atoms with Crippen LogP contribution in [0.2, 0.25) is 0 Å². The molecule has 0 unspecified atom stereocenters. The highest BCUT2D eigenvalue weighted by molar-refractivity contribution is 5.70. The highest BCUT2D eigenvalue weighted by Gasteiger charge is 2.27. The lowest BCUT2D eigenvalue weighted by molar-refractivity contribution is 0.0805. The van der Waals surface area contributed by atoms with Crippen LogP contribution in [0.3, 0.4) is 0 Å². The summed E-state index contributed by atoms with van der Waals surface area (Å²) in [4.78, 5) is 0. The lowest BCUT2D eigenvalue weighted by Crippen LogP contribution is -2.18. The van der Waals surface area contributed by atoms with Crippen molar-refractivity contribution in [2.24, 2.45) is 5.41 Å². The molecule has 0 N–H and O–H groups in total. The summed E-state index contributed by atoms with van der Waals surface area (Å²) in [5, 5.41) is 0. The molecule has 1 heterocycles. The van der Waals surface area contributed by atoms with Gasteiger partial charge >= 0.3 is 0 Å². The van der Waals surface area contributed by atoms with Crippen LogP contribution in [0.25, 0.3) is 5.57 Å². The van der Waals surface area contributed by atoms with Gasteiger partial charge < -0.3 is 4.74 Å². The van der Waals surface area contributed by atoms with Gasteiger partial charge in [-0.15, -0.1) is 0 Å². The third kappa shape index (κ3) is 1.48. The first-order valence-corrected chi connectivity index (χ1v) is 4.97. The smallest absolute Gasteiger partial charge is 0.0723 e. The van der Waals surface area contributed by atoms with Gasteiger partial charge in [0.1, 0.15) is 0 Å². The predicted molar refractivity (Wildman–Crippen MR) is 58.9 cm³/mol. The largest absolute Gasteiger partial charge is 0.376 e. The molecule has 1 heteroatoms. The lowest BCUT2D eigenvalue weighted by Gasteiger charge is -2.24. The van der Waals surface area contributed by atoms with Gasteiger partial charge in [0.15, 0.2) is 0 Å². The maximum Gasteiger partial charge on any atom is 0.0723 e. The molecular formula is C13H16O. The summed E-state index contributed by atoms with van der Waals surface area (Å²) in [5.74, 6) is 0. The number of hydrogen-bond donors (Lipinski definition) is 0. The molecule has 14 heavy (non-hydrogen) atoms. The number of ether oxygens (including phenoxy) is 1. The molecule has 0 aliphatic carbocycles. The van der Waals surface area contributed by atoms with Crippen LogP contribution in [0.4, 0.5) is 0 Å². The fraction of sp³-hybridized carbons (Fsp3) is 0.385. The van der Waals surface area contributed by atoms with E-state index in [0.29, 0.717) is 6.61 Å². The molecule has 0 fully saturated rings. The Hall–Kier alpha value is -1.08. The number of rotatable bonds is 0. The van der Waals surface area contributed by atoms with Crippen LogP contribution in [0, 0.1) is 5.41 Å². The van der Waals surface area contributed by atoms with Crippen molar-refractivity contribution in [3.8, 4) is 0 Å². The fourth-order valence-corrected chi connectivity index (χ4v) is 1.81. The molecule has 0 radical (unpaired) electrons. The Kier molecular flexibility index (Phi) is 2.20. The minimum absolute atomic E-state index is 0.0482. The Morgan fingerprint density at radius 3 is 2.79 bits per heavy atom. The van der Waals surface area contributed by atoms with E-state index in [9.17, 15) is 0 Å². The van der Waals surface area contributed by atoms with Gasteiger partial charge in [-0.3, -0.25) is 0 Å². The minimum atomic E-state index is 0.0482. The van der Waals surface area contributed by atoms with Crippen molar-refractivity contribution in [3.63, 3.8) is 0 Å². The number of hydrogen-bond acceptors (Lipinski definition) is 1. The van der Waals surface area contributed by atoms with Crippen molar-refractivity contribution in [1.29, 1.82) is 0 Å². The average molecular weight is 188 g/mol. The third-order valence-electron chi connectivity index (χ3n) is 2.88. The molecule has 1 aliphatic rings. The van der Waals surface area contributed by atoms with Crippen LogP contribution < -0.4 is 0 Å². The molecule has 2 rings (SSSR count). The monoisotopic (exact) mass is 188 g/mol. The molecule has 0 bridgehead atoms. The van der Waals surface area contributed by atoms with Gasteiger partial charge in [-0.25, -0.2) is 0 Å². The van der Waals surface area contributed by atoms with Gasteiger partial charge in [0.2, 0.25) is 0 Å². The standard InChI is InChI=1S/C13H16O/c1-10-12-7-5-4-6-11(12)8-14-9-13(10,2)3/h4-7H,1,8-9H2,2-3H3. The topological polar surface area (TPSA) is 9.23 Å². The second-order valence-corrected chi connectivity index (χ2v) is 4.51. The van der Waals surface area contributed by atoms with Crippen molar-refractivity contribution >= 4 is 5.57 Å². The van der Waals surface area contributed by atoms with E-state index in [4.69, 9.17) is 4.74 Å². The zero-order valence-electron chi connectivity index (χ0n) is 8.84. The Balaban J connectivity index is 2.51. The van der Waals surface area contributed by atoms with Crippen molar-refractivity contribution in [1.82, 2.24) is 0 Å². The Labute approximate surface area is 85.4 Å². The van der Waals surface area contributed by atoms with E-state index in [0.717, 1.165) is 6.61 Å². The molecule has 1 aromatic rings. The first-order valence-electron chi connectivity index (χ1n) is 4.97. The maximum atomic E-state index is 5.65. The van der Waals surface area contributed by atoms with Crippen LogP contribution in [0.15, 0.2) is 30.8 Å². The van der Waals surface area contributed by atoms with Crippen LogP contribution in [0.5, 0.6) is 0 Å². The summed E-state index contributed by atoms with van der Waals surface area (Å²) in [6.07, 6.45) is 0. The predicted octanol–water partition coefficient (Wildman–Crippen LogP) is 3.26. The summed E-state index contributed by atoms with van der Waals surface area (Å²) in [6, 6.07) is 8.36. The van der Waals surface area contributed by atoms with Crippen LogP contribution >= 0.6 is 0 Å². The normalized spacial score (nSPS) is 20.0. The van der Waals surface area contributed by atoms with Gasteiger partial charge in [-0.1, -0.05) is 44.7 Å². The first kappa shape index (κ1) is 9.47. The van der Waals surface area contributed by atoms with E-state index in [2.05, 4.69) is 38.6 Å². The molecule has 1 nitrogen and oxygen atoms in total. The molecule has 0 aromatic heterocycles. The number of benzene rings is 1. The summed E-state index contributed by atoms with van der Waals surface area (Å²) in [6.45, 7) is 10.0. The van der Waals surface area contributed by atoms with E-state index in [1.807, 2.05) is 6.07 Å². The van der Waals surface area contributed by atoms with Crippen molar-refractivity contribution in [3.05, 3.63) is 42.0 Å². The highest BCUT2D eigenvalue weighted by Crippen LogP contribution is 2.37. The number of fused-ring (bicyclic) bond motifs is 1. The van der Waals surface area contributed by atoms with Gasteiger partial charge in [-0.2, -0.15) is 0 Å².